The Hall–Kier alpha value is -2.72. The zero-order valence-corrected chi connectivity index (χ0v) is 17.2. The average Bonchev–Trinajstić information content (AvgIpc) is 3.18. The van der Waals surface area contributed by atoms with Crippen LogP contribution in [0.25, 0.3) is 11.1 Å². The quantitative estimate of drug-likeness (QED) is 0.771. The summed E-state index contributed by atoms with van der Waals surface area (Å²) in [6.45, 7) is 5.00. The van der Waals surface area contributed by atoms with E-state index in [-0.39, 0.29) is 24.2 Å². The van der Waals surface area contributed by atoms with Crippen molar-refractivity contribution in [3.63, 3.8) is 0 Å². The van der Waals surface area contributed by atoms with Crippen LogP contribution in [0.4, 0.5) is 4.39 Å². The smallest absolute Gasteiger partial charge is 0.238 e. The van der Waals surface area contributed by atoms with E-state index in [1.165, 1.54) is 6.07 Å². The Balaban J connectivity index is 1.24. The molecule has 30 heavy (non-hydrogen) atoms. The molecule has 7 atom stereocenters. The lowest BCUT2D eigenvalue weighted by Gasteiger charge is -2.23. The highest BCUT2D eigenvalue weighted by atomic mass is 19.1. The molecule has 1 saturated heterocycles. The summed E-state index contributed by atoms with van der Waals surface area (Å²) in [5.74, 6) is 1.93. The van der Waals surface area contributed by atoms with E-state index in [1.807, 2.05) is 19.2 Å². The number of nitriles is 1. The molecule has 156 valence electrons. The molecule has 1 aromatic carbocycles. The SMILES string of the molecule is CCn1cc(-c2ccc(CC(C#N)NC(=O)C3NC4CC3C3C(C)C43)c(F)c2)cn1. The molecular weight excluding hydrogens is 381 g/mol. The maximum Gasteiger partial charge on any atom is 0.238 e. The number of carbonyl (C=O) groups is 1. The van der Waals surface area contributed by atoms with E-state index < -0.39 is 6.04 Å². The zero-order chi connectivity index (χ0) is 21.0. The first-order chi connectivity index (χ1) is 14.5. The van der Waals surface area contributed by atoms with Gasteiger partial charge in [0.2, 0.25) is 5.91 Å². The fraction of sp³-hybridized carbons (Fsp3) is 0.522. The van der Waals surface area contributed by atoms with E-state index in [9.17, 15) is 14.4 Å². The molecule has 6 nitrogen and oxygen atoms in total. The first kappa shape index (κ1) is 19.3. The largest absolute Gasteiger partial charge is 0.339 e. The summed E-state index contributed by atoms with van der Waals surface area (Å²) in [5.41, 5.74) is 2.01. The maximum absolute atomic E-state index is 14.7. The van der Waals surface area contributed by atoms with Crippen LogP contribution in [-0.2, 0) is 17.8 Å². The molecule has 0 spiro atoms. The van der Waals surface area contributed by atoms with Gasteiger partial charge in [-0.25, -0.2) is 4.39 Å². The number of halogens is 1. The Labute approximate surface area is 175 Å². The third-order valence-electron chi connectivity index (χ3n) is 7.35. The number of piperidine rings is 1. The number of aromatic nitrogens is 2. The van der Waals surface area contributed by atoms with E-state index >= 15 is 0 Å². The summed E-state index contributed by atoms with van der Waals surface area (Å²) < 4.78 is 16.5. The van der Waals surface area contributed by atoms with Crippen LogP contribution < -0.4 is 10.6 Å². The van der Waals surface area contributed by atoms with Gasteiger partial charge in [-0.2, -0.15) is 10.4 Å². The predicted octanol–water partition coefficient (Wildman–Crippen LogP) is 2.50. The molecule has 2 N–H and O–H groups in total. The topological polar surface area (TPSA) is 82.7 Å². The molecular formula is C23H26FN5O. The standard InChI is InChI=1S/C23H26FN5O/c1-3-29-11-15(10-26-29)13-4-5-14(18(24)7-13)6-16(9-25)27-23(30)22-17-8-19(28-22)21-12(2)20(17)21/h4-5,7,10-12,16-17,19-22,28H,3,6,8H2,1-2H3,(H,27,30). The van der Waals surface area contributed by atoms with Crippen LogP contribution >= 0.6 is 0 Å². The molecule has 5 rings (SSSR count). The van der Waals surface area contributed by atoms with Crippen LogP contribution in [0.3, 0.4) is 0 Å². The predicted molar refractivity (Wildman–Crippen MR) is 110 cm³/mol. The van der Waals surface area contributed by atoms with Gasteiger partial charge in [0, 0.05) is 30.8 Å². The van der Waals surface area contributed by atoms with Crippen LogP contribution in [0.1, 0.15) is 25.8 Å². The fourth-order valence-corrected chi connectivity index (χ4v) is 5.79. The summed E-state index contributed by atoms with van der Waals surface area (Å²) in [4.78, 5) is 12.8. The second-order valence-corrected chi connectivity index (χ2v) is 8.95. The van der Waals surface area contributed by atoms with Crippen molar-refractivity contribution in [1.29, 1.82) is 5.26 Å². The number of nitrogens with zero attached hydrogens (tertiary/aromatic N) is 3. The van der Waals surface area contributed by atoms with Crippen LogP contribution in [0.5, 0.6) is 0 Å². The van der Waals surface area contributed by atoms with Crippen LogP contribution in [0.2, 0.25) is 0 Å². The van der Waals surface area contributed by atoms with Gasteiger partial charge in [-0.15, -0.1) is 0 Å². The summed E-state index contributed by atoms with van der Waals surface area (Å²) in [5, 5.41) is 20.1. The molecule has 1 aromatic heterocycles. The van der Waals surface area contributed by atoms with Gasteiger partial charge in [0.25, 0.3) is 0 Å². The molecule has 3 aliphatic rings. The minimum absolute atomic E-state index is 0.129. The average molecular weight is 407 g/mol. The van der Waals surface area contributed by atoms with Crippen molar-refractivity contribution in [2.75, 3.05) is 0 Å². The van der Waals surface area contributed by atoms with Gasteiger partial charge < -0.3 is 10.6 Å². The maximum atomic E-state index is 14.7. The van der Waals surface area contributed by atoms with Gasteiger partial charge >= 0.3 is 0 Å². The van der Waals surface area contributed by atoms with E-state index in [4.69, 9.17) is 0 Å². The van der Waals surface area contributed by atoms with Crippen molar-refractivity contribution in [2.24, 2.45) is 23.7 Å². The number of nitrogens with one attached hydrogen (secondary N) is 2. The lowest BCUT2D eigenvalue weighted by atomic mass is 9.94. The molecule has 7 unspecified atom stereocenters. The number of hydrogen-bond acceptors (Lipinski definition) is 4. The third kappa shape index (κ3) is 3.10. The Kier molecular flexibility index (Phi) is 4.62. The Bertz CT molecular complexity index is 1020. The number of carbonyl (C=O) groups excluding carboxylic acids is 1. The van der Waals surface area contributed by atoms with Crippen molar-refractivity contribution in [3.05, 3.63) is 42.0 Å². The van der Waals surface area contributed by atoms with Crippen LogP contribution in [0, 0.1) is 40.8 Å². The Morgan fingerprint density at radius 1 is 1.43 bits per heavy atom. The van der Waals surface area contributed by atoms with E-state index in [0.29, 0.717) is 29.4 Å². The molecule has 2 heterocycles. The first-order valence-electron chi connectivity index (χ1n) is 10.8. The highest BCUT2D eigenvalue weighted by Crippen LogP contribution is 2.64. The number of hydrogen-bond donors (Lipinski definition) is 2. The molecule has 1 amide bonds. The molecule has 2 aliphatic carbocycles. The van der Waals surface area contributed by atoms with E-state index in [0.717, 1.165) is 30.0 Å². The van der Waals surface area contributed by atoms with Gasteiger partial charge in [-0.1, -0.05) is 19.1 Å². The number of benzene rings is 1. The van der Waals surface area contributed by atoms with E-state index in [2.05, 4.69) is 28.7 Å². The van der Waals surface area contributed by atoms with Gasteiger partial charge in [0.05, 0.1) is 18.3 Å². The van der Waals surface area contributed by atoms with Crippen molar-refractivity contribution < 1.29 is 9.18 Å². The summed E-state index contributed by atoms with van der Waals surface area (Å²) in [6, 6.07) is 6.57. The second-order valence-electron chi connectivity index (χ2n) is 8.95. The summed E-state index contributed by atoms with van der Waals surface area (Å²) in [6.07, 6.45) is 4.79. The number of aryl methyl sites for hydroxylation is 1. The zero-order valence-electron chi connectivity index (χ0n) is 17.2. The second kappa shape index (κ2) is 7.21. The number of fused-ring (bicyclic) bond motifs is 5. The number of amides is 1. The number of rotatable bonds is 6. The van der Waals surface area contributed by atoms with E-state index in [1.54, 1.807) is 16.9 Å². The molecule has 3 fully saturated rings. The molecule has 1 aliphatic heterocycles. The van der Waals surface area contributed by atoms with Gasteiger partial charge in [-0.3, -0.25) is 9.48 Å². The normalized spacial score (nSPS) is 31.8. The molecule has 0 radical (unpaired) electrons. The Morgan fingerprint density at radius 3 is 2.93 bits per heavy atom. The first-order valence-corrected chi connectivity index (χ1v) is 10.8. The lowest BCUT2D eigenvalue weighted by Crippen LogP contribution is -2.51. The highest BCUT2D eigenvalue weighted by Gasteiger charge is 2.67. The Morgan fingerprint density at radius 2 is 2.27 bits per heavy atom. The van der Waals surface area contributed by atoms with Gasteiger partial charge in [0.15, 0.2) is 0 Å². The van der Waals surface area contributed by atoms with Crippen molar-refractivity contribution in [1.82, 2.24) is 20.4 Å². The van der Waals surface area contributed by atoms with Crippen LogP contribution in [0.15, 0.2) is 30.6 Å². The monoisotopic (exact) mass is 407 g/mol. The minimum atomic E-state index is -0.756. The fourth-order valence-electron chi connectivity index (χ4n) is 5.79. The minimum Gasteiger partial charge on any atom is -0.339 e. The summed E-state index contributed by atoms with van der Waals surface area (Å²) in [7, 11) is 0. The molecule has 2 bridgehead atoms. The third-order valence-corrected chi connectivity index (χ3v) is 7.35. The van der Waals surface area contributed by atoms with Gasteiger partial charge in [0.1, 0.15) is 11.9 Å². The van der Waals surface area contributed by atoms with Crippen molar-refractivity contribution >= 4 is 5.91 Å². The molecule has 2 saturated carbocycles. The summed E-state index contributed by atoms with van der Waals surface area (Å²) >= 11 is 0. The van der Waals surface area contributed by atoms with Crippen molar-refractivity contribution in [2.45, 2.75) is 51.4 Å². The van der Waals surface area contributed by atoms with Crippen molar-refractivity contribution in [3.8, 4) is 17.2 Å². The van der Waals surface area contributed by atoms with Gasteiger partial charge in [-0.05, 0) is 54.2 Å². The lowest BCUT2D eigenvalue weighted by molar-refractivity contribution is -0.124. The molecule has 7 heteroatoms. The van der Waals surface area contributed by atoms with Crippen LogP contribution in [-0.4, -0.2) is 33.8 Å². The molecule has 2 aromatic rings. The highest BCUT2D eigenvalue weighted by molar-refractivity contribution is 5.83.